The third kappa shape index (κ3) is 3.07. The Morgan fingerprint density at radius 1 is 1.44 bits per heavy atom. The molecule has 3 heterocycles. The van der Waals surface area contributed by atoms with Crippen molar-refractivity contribution < 1.29 is 24.2 Å². The Labute approximate surface area is 152 Å². The van der Waals surface area contributed by atoms with Crippen LogP contribution < -0.4 is 0 Å². The van der Waals surface area contributed by atoms with Crippen molar-refractivity contribution in [3.63, 3.8) is 0 Å². The number of methoxy groups -OCH3 is 1. The third-order valence-corrected chi connectivity index (χ3v) is 6.17. The van der Waals surface area contributed by atoms with Crippen LogP contribution in [0, 0.1) is 0 Å². The summed E-state index contributed by atoms with van der Waals surface area (Å²) >= 11 is 2.52. The molecule has 0 unspecified atom stereocenters. The zero-order chi connectivity index (χ0) is 18.1. The summed E-state index contributed by atoms with van der Waals surface area (Å²) in [5.74, 6) is -1.35. The van der Waals surface area contributed by atoms with Gasteiger partial charge in [-0.25, -0.2) is 4.79 Å². The van der Waals surface area contributed by atoms with Gasteiger partial charge in [-0.3, -0.25) is 23.8 Å². The van der Waals surface area contributed by atoms with Crippen LogP contribution >= 0.6 is 23.7 Å². The molecule has 0 spiro atoms. The molecular weight excluding hydrogens is 366 g/mol. The Morgan fingerprint density at radius 2 is 2.12 bits per heavy atom. The standard InChI is InChI=1S/C15H15N3O5S2/c1-8(19)18(25-9-3-5-16-6-4-9)12-13(20)17-11(15(21)22)10(23-2)7-24-14(12)17/h3-6,12,14H,7H2,1-2H3,(H,21,22)/t12-,14-/m1/s1. The predicted molar refractivity (Wildman–Crippen MR) is 91.2 cm³/mol. The molecule has 2 aliphatic rings. The molecule has 1 saturated heterocycles. The predicted octanol–water partition coefficient (Wildman–Crippen LogP) is 1.16. The Morgan fingerprint density at radius 3 is 2.68 bits per heavy atom. The molecule has 25 heavy (non-hydrogen) atoms. The number of hydrogen-bond donors (Lipinski definition) is 1. The number of aromatic nitrogens is 1. The average Bonchev–Trinajstić information content (AvgIpc) is 2.60. The molecule has 1 N–H and O–H groups in total. The molecule has 0 aliphatic carbocycles. The summed E-state index contributed by atoms with van der Waals surface area (Å²) in [6.45, 7) is 1.38. The lowest BCUT2D eigenvalue weighted by Crippen LogP contribution is -2.70. The van der Waals surface area contributed by atoms with Gasteiger partial charge in [-0.2, -0.15) is 0 Å². The largest absolute Gasteiger partial charge is 0.498 e. The summed E-state index contributed by atoms with van der Waals surface area (Å²) < 4.78 is 6.49. The van der Waals surface area contributed by atoms with Crippen LogP contribution in [0.25, 0.3) is 0 Å². The van der Waals surface area contributed by atoms with Gasteiger partial charge in [0.15, 0.2) is 11.7 Å². The summed E-state index contributed by atoms with van der Waals surface area (Å²) in [5.41, 5.74) is -0.148. The number of nitrogens with zero attached hydrogens (tertiary/aromatic N) is 3. The lowest BCUT2D eigenvalue weighted by atomic mass is 10.0. The minimum Gasteiger partial charge on any atom is -0.498 e. The highest BCUT2D eigenvalue weighted by Crippen LogP contribution is 2.44. The van der Waals surface area contributed by atoms with Gasteiger partial charge in [0, 0.05) is 24.2 Å². The van der Waals surface area contributed by atoms with E-state index in [9.17, 15) is 19.5 Å². The summed E-state index contributed by atoms with van der Waals surface area (Å²) in [6, 6.07) is 2.75. The fourth-order valence-corrected chi connectivity index (χ4v) is 4.99. The van der Waals surface area contributed by atoms with E-state index in [2.05, 4.69) is 4.98 Å². The van der Waals surface area contributed by atoms with E-state index < -0.39 is 23.3 Å². The number of carboxylic acids is 1. The minimum absolute atomic E-state index is 0.148. The molecule has 10 heteroatoms. The molecule has 1 aromatic rings. The monoisotopic (exact) mass is 381 g/mol. The van der Waals surface area contributed by atoms with Gasteiger partial charge in [0.2, 0.25) is 5.91 Å². The van der Waals surface area contributed by atoms with Crippen molar-refractivity contribution in [2.24, 2.45) is 0 Å². The summed E-state index contributed by atoms with van der Waals surface area (Å²) in [7, 11) is 1.38. The third-order valence-electron chi connectivity index (χ3n) is 3.77. The number of ether oxygens (including phenoxy) is 1. The Bertz CT molecular complexity index is 755. The van der Waals surface area contributed by atoms with Crippen LogP contribution in [0.1, 0.15) is 6.92 Å². The Kier molecular flexibility index (Phi) is 4.91. The normalized spacial score (nSPS) is 22.2. The van der Waals surface area contributed by atoms with E-state index in [4.69, 9.17) is 4.74 Å². The fraction of sp³-hybridized carbons (Fsp3) is 0.333. The molecule has 8 nitrogen and oxygen atoms in total. The number of β-lactam (4-membered cyclic amide) rings is 1. The van der Waals surface area contributed by atoms with Crippen LogP contribution in [0.15, 0.2) is 40.9 Å². The quantitative estimate of drug-likeness (QED) is 0.599. The van der Waals surface area contributed by atoms with Gasteiger partial charge >= 0.3 is 5.97 Å². The summed E-state index contributed by atoms with van der Waals surface area (Å²) in [6.07, 6.45) is 3.20. The zero-order valence-corrected chi connectivity index (χ0v) is 15.0. The first-order valence-electron chi connectivity index (χ1n) is 7.28. The topological polar surface area (TPSA) is 100 Å². The number of pyridine rings is 1. The second-order valence-electron chi connectivity index (χ2n) is 5.25. The number of carbonyl (C=O) groups excluding carboxylic acids is 2. The molecule has 2 aliphatic heterocycles. The van der Waals surface area contributed by atoms with E-state index in [0.717, 1.165) is 16.8 Å². The van der Waals surface area contributed by atoms with Gasteiger partial charge in [0.25, 0.3) is 5.91 Å². The molecule has 2 amide bonds. The first-order chi connectivity index (χ1) is 12.0. The lowest BCUT2D eigenvalue weighted by Gasteiger charge is -2.51. The number of aliphatic carboxylic acids is 1. The van der Waals surface area contributed by atoms with Gasteiger partial charge in [-0.1, -0.05) is 0 Å². The Hall–Kier alpha value is -2.20. The molecule has 0 bridgehead atoms. The maximum Gasteiger partial charge on any atom is 0.356 e. The number of thioether (sulfide) groups is 1. The maximum absolute atomic E-state index is 12.6. The van der Waals surface area contributed by atoms with Gasteiger partial charge in [0.1, 0.15) is 11.1 Å². The van der Waals surface area contributed by atoms with E-state index in [1.54, 1.807) is 24.5 Å². The molecule has 1 fully saturated rings. The zero-order valence-electron chi connectivity index (χ0n) is 13.4. The van der Waals surface area contributed by atoms with Crippen molar-refractivity contribution >= 4 is 41.5 Å². The van der Waals surface area contributed by atoms with Gasteiger partial charge < -0.3 is 9.84 Å². The molecule has 0 radical (unpaired) electrons. The van der Waals surface area contributed by atoms with Crippen molar-refractivity contribution in [2.45, 2.75) is 23.2 Å². The van der Waals surface area contributed by atoms with Gasteiger partial charge in [-0.15, -0.1) is 11.8 Å². The molecule has 132 valence electrons. The Balaban J connectivity index is 1.87. The van der Waals surface area contributed by atoms with Crippen LogP contribution in [0.3, 0.4) is 0 Å². The molecular formula is C15H15N3O5S2. The maximum atomic E-state index is 12.6. The number of carbonyl (C=O) groups is 3. The van der Waals surface area contributed by atoms with Crippen molar-refractivity contribution in [1.29, 1.82) is 0 Å². The molecule has 3 rings (SSSR count). The van der Waals surface area contributed by atoms with E-state index in [-0.39, 0.29) is 17.4 Å². The van der Waals surface area contributed by atoms with E-state index in [0.29, 0.717) is 5.75 Å². The summed E-state index contributed by atoms with van der Waals surface area (Å²) in [4.78, 5) is 42.2. The van der Waals surface area contributed by atoms with E-state index in [1.165, 1.54) is 35.0 Å². The smallest absolute Gasteiger partial charge is 0.356 e. The first kappa shape index (κ1) is 17.6. The SMILES string of the molecule is COC1=C(C(=O)O)N2C(=O)[C@@H](N(Sc3ccncc3)C(C)=O)[C@H]2SC1. The molecule has 2 atom stereocenters. The number of rotatable bonds is 5. The van der Waals surface area contributed by atoms with Crippen molar-refractivity contribution in [1.82, 2.24) is 14.2 Å². The number of hydrogen-bond acceptors (Lipinski definition) is 7. The van der Waals surface area contributed by atoms with Crippen molar-refractivity contribution in [3.05, 3.63) is 36.0 Å². The van der Waals surface area contributed by atoms with Gasteiger partial charge in [0.05, 0.1) is 12.9 Å². The second-order valence-corrected chi connectivity index (χ2v) is 7.41. The number of fused-ring (bicyclic) bond motifs is 1. The number of carboxylic acid groups (broad SMARTS) is 1. The van der Waals surface area contributed by atoms with Crippen molar-refractivity contribution in [3.8, 4) is 0 Å². The lowest BCUT2D eigenvalue weighted by molar-refractivity contribution is -0.154. The highest BCUT2D eigenvalue weighted by atomic mass is 32.2. The molecule has 0 aromatic carbocycles. The van der Waals surface area contributed by atoms with Crippen LogP contribution in [-0.4, -0.2) is 61.4 Å². The number of amides is 2. The minimum atomic E-state index is -1.22. The second kappa shape index (κ2) is 6.96. The summed E-state index contributed by atoms with van der Waals surface area (Å²) in [5, 5.41) is 8.97. The first-order valence-corrected chi connectivity index (χ1v) is 9.10. The van der Waals surface area contributed by atoms with Crippen molar-refractivity contribution in [2.75, 3.05) is 12.9 Å². The van der Waals surface area contributed by atoms with E-state index in [1.807, 2.05) is 0 Å². The highest BCUT2D eigenvalue weighted by Gasteiger charge is 2.57. The molecule has 1 aromatic heterocycles. The highest BCUT2D eigenvalue weighted by molar-refractivity contribution is 8.00. The van der Waals surface area contributed by atoms with Crippen LogP contribution in [0.4, 0.5) is 0 Å². The fourth-order valence-electron chi connectivity index (χ4n) is 2.64. The van der Waals surface area contributed by atoms with E-state index >= 15 is 0 Å². The molecule has 0 saturated carbocycles. The average molecular weight is 381 g/mol. The van der Waals surface area contributed by atoms with Crippen LogP contribution in [0.2, 0.25) is 0 Å². The van der Waals surface area contributed by atoms with Crippen LogP contribution in [-0.2, 0) is 19.1 Å². The van der Waals surface area contributed by atoms with Crippen LogP contribution in [0.5, 0.6) is 0 Å². The van der Waals surface area contributed by atoms with Gasteiger partial charge in [-0.05, 0) is 24.1 Å².